The van der Waals surface area contributed by atoms with Crippen molar-refractivity contribution in [2.45, 2.75) is 31.7 Å². The van der Waals surface area contributed by atoms with Gasteiger partial charge in [-0.3, -0.25) is 9.59 Å². The summed E-state index contributed by atoms with van der Waals surface area (Å²) in [7, 11) is 1.79. The van der Waals surface area contributed by atoms with Crippen LogP contribution in [-0.4, -0.2) is 41.4 Å². The molecule has 2 amide bonds. The predicted octanol–water partition coefficient (Wildman–Crippen LogP) is 3.60. The van der Waals surface area contributed by atoms with E-state index in [1.165, 1.54) is 24.3 Å². The standard InChI is InChI=1S/C25H24FN5O2/c1-30-21-15-27-22(29-23(21)31-14-2-3-20(31)25(30)33)13-6-16-4-7-17(8-5-16)24(32)28-19-11-9-18(26)10-12-19/h4-5,7-12,15,20H,2-3,6,13-14H2,1H3,(H,28,32). The van der Waals surface area contributed by atoms with Crippen molar-refractivity contribution in [2.75, 3.05) is 28.7 Å². The number of amides is 2. The molecule has 0 spiro atoms. The second kappa shape index (κ2) is 8.61. The van der Waals surface area contributed by atoms with Crippen molar-refractivity contribution < 1.29 is 14.0 Å². The smallest absolute Gasteiger partial charge is 0.255 e. The van der Waals surface area contributed by atoms with Crippen LogP contribution in [0.3, 0.4) is 0 Å². The first-order valence-corrected chi connectivity index (χ1v) is 11.1. The highest BCUT2D eigenvalue weighted by atomic mass is 19.1. The van der Waals surface area contributed by atoms with Crippen molar-refractivity contribution in [3.63, 3.8) is 0 Å². The van der Waals surface area contributed by atoms with Crippen LogP contribution in [0.25, 0.3) is 0 Å². The number of carbonyl (C=O) groups excluding carboxylic acids is 2. The fourth-order valence-electron chi connectivity index (χ4n) is 4.40. The molecule has 3 aromatic rings. The summed E-state index contributed by atoms with van der Waals surface area (Å²) < 4.78 is 13.0. The van der Waals surface area contributed by atoms with Crippen LogP contribution in [0, 0.1) is 5.82 Å². The van der Waals surface area contributed by atoms with Crippen LogP contribution in [0.2, 0.25) is 0 Å². The number of anilines is 3. The Morgan fingerprint density at radius 3 is 2.64 bits per heavy atom. The van der Waals surface area contributed by atoms with E-state index in [1.54, 1.807) is 30.3 Å². The zero-order valence-corrected chi connectivity index (χ0v) is 18.3. The minimum Gasteiger partial charge on any atom is -0.343 e. The molecule has 8 heteroatoms. The van der Waals surface area contributed by atoms with Gasteiger partial charge in [-0.15, -0.1) is 0 Å². The predicted molar refractivity (Wildman–Crippen MR) is 124 cm³/mol. The molecule has 1 N–H and O–H groups in total. The van der Waals surface area contributed by atoms with E-state index >= 15 is 0 Å². The number of aromatic nitrogens is 2. The molecular weight excluding hydrogens is 421 g/mol. The maximum Gasteiger partial charge on any atom is 0.255 e. The summed E-state index contributed by atoms with van der Waals surface area (Å²) in [5.41, 5.74) is 2.91. The van der Waals surface area contributed by atoms with Crippen LogP contribution in [-0.2, 0) is 17.6 Å². The van der Waals surface area contributed by atoms with Crippen molar-refractivity contribution in [1.29, 1.82) is 0 Å². The van der Waals surface area contributed by atoms with E-state index in [2.05, 4.69) is 15.2 Å². The van der Waals surface area contributed by atoms with Gasteiger partial charge < -0.3 is 15.1 Å². The lowest BCUT2D eigenvalue weighted by Crippen LogP contribution is -2.49. The summed E-state index contributed by atoms with van der Waals surface area (Å²) in [4.78, 5) is 38.0. The first-order chi connectivity index (χ1) is 16.0. The molecule has 0 radical (unpaired) electrons. The summed E-state index contributed by atoms with van der Waals surface area (Å²) in [5.74, 6) is 1.10. The van der Waals surface area contributed by atoms with Crippen LogP contribution >= 0.6 is 0 Å². The monoisotopic (exact) mass is 445 g/mol. The van der Waals surface area contributed by atoms with Gasteiger partial charge in [0.05, 0.1) is 6.20 Å². The summed E-state index contributed by atoms with van der Waals surface area (Å²) in [6, 6.07) is 12.9. The number of nitrogens with zero attached hydrogens (tertiary/aromatic N) is 4. The number of hydrogen-bond donors (Lipinski definition) is 1. The fraction of sp³-hybridized carbons (Fsp3) is 0.280. The van der Waals surface area contributed by atoms with Crippen LogP contribution in [0.4, 0.5) is 21.6 Å². The van der Waals surface area contributed by atoms with Gasteiger partial charge in [0.2, 0.25) is 5.91 Å². The van der Waals surface area contributed by atoms with E-state index in [1.807, 2.05) is 12.1 Å². The van der Waals surface area contributed by atoms with Crippen LogP contribution in [0.1, 0.15) is 34.6 Å². The molecule has 168 valence electrons. The Morgan fingerprint density at radius 1 is 1.12 bits per heavy atom. The number of nitrogens with one attached hydrogen (secondary N) is 1. The fourth-order valence-corrected chi connectivity index (χ4v) is 4.40. The van der Waals surface area contributed by atoms with Crippen LogP contribution < -0.4 is 15.1 Å². The second-order valence-corrected chi connectivity index (χ2v) is 8.40. The number of halogens is 1. The van der Waals surface area contributed by atoms with E-state index < -0.39 is 0 Å². The number of aryl methyl sites for hydroxylation is 2. The summed E-state index contributed by atoms with van der Waals surface area (Å²) >= 11 is 0. The lowest BCUT2D eigenvalue weighted by Gasteiger charge is -2.36. The number of likely N-dealkylation sites (N-methyl/N-ethyl adjacent to an activating group) is 1. The van der Waals surface area contributed by atoms with Gasteiger partial charge in [-0.2, -0.15) is 0 Å². The average molecular weight is 445 g/mol. The molecule has 1 fully saturated rings. The molecule has 2 aliphatic rings. The summed E-state index contributed by atoms with van der Waals surface area (Å²) in [6.45, 7) is 0.842. The lowest BCUT2D eigenvalue weighted by atomic mass is 10.1. The largest absolute Gasteiger partial charge is 0.343 e. The van der Waals surface area contributed by atoms with Gasteiger partial charge in [0.25, 0.3) is 5.91 Å². The van der Waals surface area contributed by atoms with E-state index in [0.29, 0.717) is 17.7 Å². The SMILES string of the molecule is CN1C(=O)C2CCCN2c2nc(CCc3ccc(C(=O)Nc4ccc(F)cc4)cc3)ncc21. The number of rotatable bonds is 5. The molecule has 0 saturated carbocycles. The first-order valence-electron chi connectivity index (χ1n) is 11.1. The lowest BCUT2D eigenvalue weighted by molar-refractivity contribution is -0.119. The summed E-state index contributed by atoms with van der Waals surface area (Å²) in [5, 5.41) is 2.76. The van der Waals surface area contributed by atoms with Crippen LogP contribution in [0.15, 0.2) is 54.7 Å². The Labute approximate surface area is 191 Å². The second-order valence-electron chi connectivity index (χ2n) is 8.40. The maximum absolute atomic E-state index is 13.0. The third kappa shape index (κ3) is 4.16. The highest BCUT2D eigenvalue weighted by Crippen LogP contribution is 2.37. The van der Waals surface area contributed by atoms with Gasteiger partial charge in [0.15, 0.2) is 5.82 Å². The normalized spacial score (nSPS) is 17.0. The zero-order chi connectivity index (χ0) is 22.9. The highest BCUT2D eigenvalue weighted by Gasteiger charge is 2.40. The van der Waals surface area contributed by atoms with Gasteiger partial charge in [-0.25, -0.2) is 14.4 Å². The van der Waals surface area contributed by atoms with Crippen LogP contribution in [0.5, 0.6) is 0 Å². The zero-order valence-electron chi connectivity index (χ0n) is 18.3. The number of hydrogen-bond acceptors (Lipinski definition) is 5. The van der Waals surface area contributed by atoms with Gasteiger partial charge >= 0.3 is 0 Å². The average Bonchev–Trinajstić information content (AvgIpc) is 3.33. The Balaban J connectivity index is 1.24. The van der Waals surface area contributed by atoms with Crippen molar-refractivity contribution in [3.05, 3.63) is 77.5 Å². The molecule has 2 aromatic carbocycles. The number of fused-ring (bicyclic) bond motifs is 3. The first kappa shape index (κ1) is 21.1. The maximum atomic E-state index is 13.0. The van der Waals surface area contributed by atoms with Gasteiger partial charge in [-0.05, 0) is 61.2 Å². The number of benzene rings is 2. The van der Waals surface area contributed by atoms with Crippen molar-refractivity contribution >= 4 is 29.0 Å². The Bertz CT molecular complexity index is 1200. The molecule has 33 heavy (non-hydrogen) atoms. The van der Waals surface area contributed by atoms with E-state index in [0.717, 1.165) is 48.7 Å². The molecule has 0 bridgehead atoms. The molecule has 0 aliphatic carbocycles. The van der Waals surface area contributed by atoms with E-state index in [-0.39, 0.29) is 23.7 Å². The molecule has 5 rings (SSSR count). The molecule has 1 aromatic heterocycles. The third-order valence-electron chi connectivity index (χ3n) is 6.26. The van der Waals surface area contributed by atoms with Gasteiger partial charge in [0, 0.05) is 31.3 Å². The third-order valence-corrected chi connectivity index (χ3v) is 6.26. The molecule has 3 heterocycles. The minimum absolute atomic E-state index is 0.111. The molecule has 1 unspecified atom stereocenters. The van der Waals surface area contributed by atoms with Crippen molar-refractivity contribution in [1.82, 2.24) is 9.97 Å². The number of carbonyl (C=O) groups is 2. The van der Waals surface area contributed by atoms with Gasteiger partial charge in [-0.1, -0.05) is 12.1 Å². The van der Waals surface area contributed by atoms with Gasteiger partial charge in [0.1, 0.15) is 23.4 Å². The highest BCUT2D eigenvalue weighted by molar-refractivity contribution is 6.05. The topological polar surface area (TPSA) is 78.4 Å². The molecular formula is C25H24FN5O2. The van der Waals surface area contributed by atoms with E-state index in [4.69, 9.17) is 4.98 Å². The Kier molecular flexibility index (Phi) is 5.50. The Morgan fingerprint density at radius 2 is 1.88 bits per heavy atom. The molecule has 7 nitrogen and oxygen atoms in total. The minimum atomic E-state index is -0.346. The van der Waals surface area contributed by atoms with E-state index in [9.17, 15) is 14.0 Å². The molecule has 1 atom stereocenters. The molecule has 1 saturated heterocycles. The van der Waals surface area contributed by atoms with Crippen molar-refractivity contribution in [3.8, 4) is 0 Å². The Hall–Kier alpha value is -3.81. The molecule has 2 aliphatic heterocycles. The summed E-state index contributed by atoms with van der Waals surface area (Å²) in [6.07, 6.45) is 4.99. The van der Waals surface area contributed by atoms with Crippen molar-refractivity contribution in [2.24, 2.45) is 0 Å². The quantitative estimate of drug-likeness (QED) is 0.649.